The number of rotatable bonds is 6. The van der Waals surface area contributed by atoms with Gasteiger partial charge in [-0.25, -0.2) is 8.42 Å². The van der Waals surface area contributed by atoms with Gasteiger partial charge in [0.1, 0.15) is 5.78 Å². The molecule has 45 heavy (non-hydrogen) atoms. The standard InChI is InChI=1S/C37H42N2O4S2/c1-36-19-17-25(40)21-23(36)22-32(35-29-15-16-34(41)37(29,2)20-18-30(35)36)44-26-13-11-24(12-14-26)38-45(42,43)33-10-6-7-27-28(33)8-5-9-31(27)39(3)4/h5-14,21,29-30,32,35,38H,15-20,22H2,1-4H3/t29-,30-,32+,35-,36-,37-/m0/s1. The van der Waals surface area contributed by atoms with Gasteiger partial charge in [-0.3, -0.25) is 14.3 Å². The molecule has 6 atom stereocenters. The van der Waals surface area contributed by atoms with Gasteiger partial charge in [-0.2, -0.15) is 0 Å². The molecule has 4 aliphatic carbocycles. The van der Waals surface area contributed by atoms with Crippen LogP contribution in [0.4, 0.5) is 11.4 Å². The van der Waals surface area contributed by atoms with E-state index in [4.69, 9.17) is 0 Å². The van der Waals surface area contributed by atoms with Crippen molar-refractivity contribution in [2.45, 2.75) is 73.8 Å². The highest BCUT2D eigenvalue weighted by Crippen LogP contribution is 2.66. The number of fused-ring (bicyclic) bond motifs is 6. The lowest BCUT2D eigenvalue weighted by Crippen LogP contribution is -2.54. The van der Waals surface area contributed by atoms with Crippen molar-refractivity contribution in [3.8, 4) is 0 Å². The van der Waals surface area contributed by atoms with Crippen molar-refractivity contribution in [1.82, 2.24) is 0 Å². The molecule has 1 N–H and O–H groups in total. The summed E-state index contributed by atoms with van der Waals surface area (Å²) in [6.45, 7) is 4.59. The molecule has 3 fully saturated rings. The number of carbonyl (C=O) groups is 2. The summed E-state index contributed by atoms with van der Waals surface area (Å²) in [5.41, 5.74) is 2.56. The van der Waals surface area contributed by atoms with Crippen LogP contribution >= 0.6 is 11.8 Å². The quantitative estimate of drug-likeness (QED) is 0.295. The normalized spacial score (nSPS) is 31.2. The highest BCUT2D eigenvalue weighted by atomic mass is 32.2. The Balaban J connectivity index is 1.16. The van der Waals surface area contributed by atoms with Crippen LogP contribution < -0.4 is 9.62 Å². The number of allylic oxidation sites excluding steroid dienone is 1. The van der Waals surface area contributed by atoms with E-state index in [1.165, 1.54) is 5.57 Å². The molecule has 6 nitrogen and oxygen atoms in total. The van der Waals surface area contributed by atoms with Crippen molar-refractivity contribution in [2.24, 2.45) is 28.6 Å². The van der Waals surface area contributed by atoms with Crippen LogP contribution in [0.5, 0.6) is 0 Å². The van der Waals surface area contributed by atoms with E-state index in [2.05, 4.69) is 18.6 Å². The third-order valence-corrected chi connectivity index (χ3v) is 14.5. The SMILES string of the molecule is CN(C)c1cccc2c(S(=O)(=O)Nc3ccc(S[C@@H]4CC5=CC(=O)CC[C@]5(C)[C@H]5CC[C@]6(C)C(=O)CC[C@H]6[C@H]45)cc3)cccc12. The third kappa shape index (κ3) is 5.03. The van der Waals surface area contributed by atoms with Gasteiger partial charge in [0, 0.05) is 64.6 Å². The number of hydrogen-bond donors (Lipinski definition) is 1. The molecule has 0 saturated heterocycles. The predicted octanol–water partition coefficient (Wildman–Crippen LogP) is 7.88. The highest BCUT2D eigenvalue weighted by Gasteiger charge is 2.61. The first-order valence-electron chi connectivity index (χ1n) is 16.2. The first-order chi connectivity index (χ1) is 21.4. The number of ketones is 2. The van der Waals surface area contributed by atoms with Gasteiger partial charge in [0.25, 0.3) is 10.0 Å². The lowest BCUT2D eigenvalue weighted by molar-refractivity contribution is -0.132. The molecule has 3 aromatic rings. The van der Waals surface area contributed by atoms with Gasteiger partial charge in [-0.15, -0.1) is 11.8 Å². The molecular formula is C37H42N2O4S2. The Labute approximate surface area is 271 Å². The second-order valence-corrected chi connectivity index (χ2v) is 17.2. The Morgan fingerprint density at radius 1 is 0.844 bits per heavy atom. The Bertz CT molecular complexity index is 1830. The van der Waals surface area contributed by atoms with Crippen molar-refractivity contribution < 1.29 is 18.0 Å². The van der Waals surface area contributed by atoms with Crippen molar-refractivity contribution in [3.05, 3.63) is 72.3 Å². The molecule has 3 saturated carbocycles. The van der Waals surface area contributed by atoms with Crippen LogP contribution in [0.25, 0.3) is 10.8 Å². The van der Waals surface area contributed by atoms with Gasteiger partial charge in [-0.05, 0) is 97.7 Å². The second kappa shape index (κ2) is 11.0. The number of Topliss-reactive ketones (excluding diaryl/α,β-unsaturated/α-hetero) is 1. The van der Waals surface area contributed by atoms with Crippen molar-refractivity contribution in [2.75, 3.05) is 23.7 Å². The fourth-order valence-electron chi connectivity index (χ4n) is 9.27. The number of thioether (sulfide) groups is 1. The molecule has 0 heterocycles. The number of anilines is 2. The number of carbonyl (C=O) groups excluding carboxylic acids is 2. The zero-order chi connectivity index (χ0) is 31.7. The van der Waals surface area contributed by atoms with Crippen LogP contribution in [-0.2, 0) is 19.6 Å². The van der Waals surface area contributed by atoms with Gasteiger partial charge in [0.2, 0.25) is 0 Å². The molecule has 0 aromatic heterocycles. The summed E-state index contributed by atoms with van der Waals surface area (Å²) in [6.07, 6.45) is 7.97. The summed E-state index contributed by atoms with van der Waals surface area (Å²) in [7, 11) is 0.0679. The molecule has 0 radical (unpaired) electrons. The van der Waals surface area contributed by atoms with Crippen molar-refractivity contribution >= 4 is 55.5 Å². The minimum absolute atomic E-state index is 0.0274. The van der Waals surface area contributed by atoms with E-state index >= 15 is 0 Å². The van der Waals surface area contributed by atoms with E-state index in [1.54, 1.807) is 12.1 Å². The molecule has 0 unspecified atom stereocenters. The largest absolute Gasteiger partial charge is 0.377 e. The van der Waals surface area contributed by atoms with E-state index in [9.17, 15) is 18.0 Å². The molecular weight excluding hydrogens is 601 g/mol. The molecule has 8 heteroatoms. The number of nitrogens with one attached hydrogen (secondary N) is 1. The molecule has 0 aliphatic heterocycles. The van der Waals surface area contributed by atoms with Crippen LogP contribution in [0.15, 0.2) is 82.1 Å². The third-order valence-electron chi connectivity index (χ3n) is 11.7. The minimum atomic E-state index is -3.83. The van der Waals surface area contributed by atoms with Crippen LogP contribution in [0.2, 0.25) is 0 Å². The molecule has 236 valence electrons. The highest BCUT2D eigenvalue weighted by molar-refractivity contribution is 8.00. The second-order valence-electron chi connectivity index (χ2n) is 14.3. The minimum Gasteiger partial charge on any atom is -0.377 e. The lowest BCUT2D eigenvalue weighted by Gasteiger charge is -2.59. The maximum absolute atomic E-state index is 13.6. The first-order valence-corrected chi connectivity index (χ1v) is 18.5. The topological polar surface area (TPSA) is 83.6 Å². The average molecular weight is 643 g/mol. The number of benzene rings is 3. The molecule has 4 aliphatic rings. The van der Waals surface area contributed by atoms with Gasteiger partial charge >= 0.3 is 0 Å². The smallest absolute Gasteiger partial charge is 0.262 e. The average Bonchev–Trinajstić information content (AvgIpc) is 3.32. The Morgan fingerprint density at radius 2 is 1.56 bits per heavy atom. The van der Waals surface area contributed by atoms with Gasteiger partial charge < -0.3 is 4.90 Å². The zero-order valence-corrected chi connectivity index (χ0v) is 28.1. The Morgan fingerprint density at radius 3 is 2.31 bits per heavy atom. The maximum Gasteiger partial charge on any atom is 0.262 e. The van der Waals surface area contributed by atoms with Crippen LogP contribution in [0.1, 0.15) is 58.8 Å². The molecule has 3 aromatic carbocycles. The lowest BCUT2D eigenvalue weighted by atomic mass is 9.47. The predicted molar refractivity (Wildman–Crippen MR) is 182 cm³/mol. The van der Waals surface area contributed by atoms with E-state index in [-0.39, 0.29) is 26.8 Å². The van der Waals surface area contributed by atoms with E-state index in [0.717, 1.165) is 48.1 Å². The summed E-state index contributed by atoms with van der Waals surface area (Å²) < 4.78 is 30.0. The molecule has 0 spiro atoms. The fraction of sp³-hybridized carbons (Fsp3) is 0.459. The van der Waals surface area contributed by atoms with Crippen LogP contribution in [0.3, 0.4) is 0 Å². The van der Waals surface area contributed by atoms with E-state index < -0.39 is 10.0 Å². The number of sulfonamides is 1. The van der Waals surface area contributed by atoms with Gasteiger partial charge in [0.05, 0.1) is 4.90 Å². The first kappa shape index (κ1) is 30.5. The summed E-state index contributed by atoms with van der Waals surface area (Å²) >= 11 is 1.84. The number of nitrogens with zero attached hydrogens (tertiary/aromatic N) is 1. The summed E-state index contributed by atoms with van der Waals surface area (Å²) in [4.78, 5) is 29.0. The van der Waals surface area contributed by atoms with Crippen molar-refractivity contribution in [3.63, 3.8) is 0 Å². The molecule has 0 amide bonds. The Hall–Kier alpha value is -3.10. The van der Waals surface area contributed by atoms with Crippen LogP contribution in [0, 0.1) is 28.6 Å². The molecule has 0 bridgehead atoms. The van der Waals surface area contributed by atoms with Gasteiger partial charge in [0.15, 0.2) is 5.78 Å². The Kier molecular flexibility index (Phi) is 7.47. The van der Waals surface area contributed by atoms with Crippen LogP contribution in [-0.4, -0.2) is 39.3 Å². The molecule has 7 rings (SSSR count). The number of hydrogen-bond acceptors (Lipinski definition) is 6. The summed E-state index contributed by atoms with van der Waals surface area (Å²) in [6, 6.07) is 18.8. The summed E-state index contributed by atoms with van der Waals surface area (Å²) in [5, 5.41) is 1.83. The monoisotopic (exact) mass is 642 g/mol. The maximum atomic E-state index is 13.6. The summed E-state index contributed by atoms with van der Waals surface area (Å²) in [5.74, 6) is 1.92. The van der Waals surface area contributed by atoms with Crippen molar-refractivity contribution in [1.29, 1.82) is 0 Å². The fourth-order valence-corrected chi connectivity index (χ4v) is 12.0. The zero-order valence-electron chi connectivity index (χ0n) is 26.5. The van der Waals surface area contributed by atoms with E-state index in [0.29, 0.717) is 47.5 Å². The van der Waals surface area contributed by atoms with E-state index in [1.807, 2.05) is 85.4 Å². The van der Waals surface area contributed by atoms with Gasteiger partial charge in [-0.1, -0.05) is 43.7 Å².